The van der Waals surface area contributed by atoms with E-state index in [1.165, 1.54) is 0 Å². The smallest absolute Gasteiger partial charge is 0.138 e. The molecular weight excluding hydrogens is 280 g/mol. The summed E-state index contributed by atoms with van der Waals surface area (Å²) in [6, 6.07) is 1.93. The van der Waals surface area contributed by atoms with Crippen molar-refractivity contribution in [2.24, 2.45) is 0 Å². The molecule has 1 aromatic rings. The molecule has 0 atom stereocenters. The third-order valence-corrected chi connectivity index (χ3v) is 2.61. The minimum absolute atomic E-state index is 0.203. The molecule has 1 rings (SSSR count). The van der Waals surface area contributed by atoms with Gasteiger partial charge in [0.15, 0.2) is 0 Å². The van der Waals surface area contributed by atoms with Crippen molar-refractivity contribution in [3.8, 4) is 5.75 Å². The number of nitrogens with zero attached hydrogens (tertiary/aromatic N) is 1. The van der Waals surface area contributed by atoms with Crippen LogP contribution in [0.3, 0.4) is 0 Å². The molecule has 0 saturated heterocycles. The molecule has 17 heavy (non-hydrogen) atoms. The van der Waals surface area contributed by atoms with Gasteiger partial charge in [-0.3, -0.25) is 4.98 Å². The van der Waals surface area contributed by atoms with Crippen LogP contribution in [0.5, 0.6) is 5.75 Å². The lowest BCUT2D eigenvalue weighted by atomic mass is 10.1. The lowest BCUT2D eigenvalue weighted by Gasteiger charge is -2.20. The van der Waals surface area contributed by atoms with E-state index < -0.39 is 0 Å². The van der Waals surface area contributed by atoms with Gasteiger partial charge in [-0.2, -0.15) is 0 Å². The second kappa shape index (κ2) is 6.97. The van der Waals surface area contributed by atoms with E-state index in [1.54, 1.807) is 12.4 Å². The van der Waals surface area contributed by atoms with Gasteiger partial charge in [0.2, 0.25) is 0 Å². The van der Waals surface area contributed by atoms with Crippen molar-refractivity contribution >= 4 is 15.9 Å². The van der Waals surface area contributed by atoms with E-state index >= 15 is 0 Å². The first-order valence-corrected chi connectivity index (χ1v) is 6.75. The van der Waals surface area contributed by atoms with Gasteiger partial charge in [-0.1, -0.05) is 0 Å². The highest BCUT2D eigenvalue weighted by atomic mass is 79.9. The Morgan fingerprint density at radius 3 is 2.71 bits per heavy atom. The summed E-state index contributed by atoms with van der Waals surface area (Å²) in [6.07, 6.45) is 5.66. The molecule has 0 aromatic carbocycles. The number of unbranched alkanes of at least 4 members (excludes halogenated alkanes) is 1. The van der Waals surface area contributed by atoms with Crippen molar-refractivity contribution < 1.29 is 4.74 Å². The summed E-state index contributed by atoms with van der Waals surface area (Å²) in [5, 5.41) is 3.45. The summed E-state index contributed by atoms with van der Waals surface area (Å²) in [6.45, 7) is 8.30. The Hall–Kier alpha value is -0.610. The first-order chi connectivity index (χ1) is 7.97. The van der Waals surface area contributed by atoms with Crippen molar-refractivity contribution in [2.45, 2.75) is 39.2 Å². The fourth-order valence-electron chi connectivity index (χ4n) is 1.35. The molecule has 1 heterocycles. The average Bonchev–Trinajstić information content (AvgIpc) is 2.22. The molecule has 3 nitrogen and oxygen atoms in total. The Labute approximate surface area is 112 Å². The number of hydrogen-bond donors (Lipinski definition) is 1. The molecule has 0 saturated carbocycles. The van der Waals surface area contributed by atoms with Gasteiger partial charge in [-0.15, -0.1) is 0 Å². The quantitative estimate of drug-likeness (QED) is 0.818. The predicted octanol–water partition coefficient (Wildman–Crippen LogP) is 3.39. The summed E-state index contributed by atoms with van der Waals surface area (Å²) < 4.78 is 6.55. The first-order valence-electron chi connectivity index (χ1n) is 5.96. The van der Waals surface area contributed by atoms with E-state index in [1.807, 2.05) is 6.07 Å². The van der Waals surface area contributed by atoms with Crippen LogP contribution in [0.1, 0.15) is 33.6 Å². The Kier molecular flexibility index (Phi) is 5.92. The van der Waals surface area contributed by atoms with Crippen LogP contribution >= 0.6 is 15.9 Å². The molecule has 0 fully saturated rings. The van der Waals surface area contributed by atoms with Crippen LogP contribution in [0, 0.1) is 0 Å². The van der Waals surface area contributed by atoms with Crippen LogP contribution in [0.15, 0.2) is 22.9 Å². The lowest BCUT2D eigenvalue weighted by Crippen LogP contribution is -2.36. The zero-order valence-electron chi connectivity index (χ0n) is 10.8. The SMILES string of the molecule is CC(C)(C)NCCCCOc1cncc(Br)c1. The van der Waals surface area contributed by atoms with Crippen LogP contribution in [-0.4, -0.2) is 23.7 Å². The van der Waals surface area contributed by atoms with Crippen LogP contribution in [0.2, 0.25) is 0 Å². The number of hydrogen-bond acceptors (Lipinski definition) is 3. The number of ether oxygens (including phenoxy) is 1. The molecule has 4 heteroatoms. The number of rotatable bonds is 6. The Bertz CT molecular complexity index is 336. The topological polar surface area (TPSA) is 34.1 Å². The summed E-state index contributed by atoms with van der Waals surface area (Å²) >= 11 is 3.37. The molecule has 1 aromatic heterocycles. The highest BCUT2D eigenvalue weighted by Gasteiger charge is 2.06. The molecule has 0 aliphatic rings. The molecule has 96 valence electrons. The van der Waals surface area contributed by atoms with Crippen LogP contribution in [0.4, 0.5) is 0 Å². The normalized spacial score (nSPS) is 11.5. The lowest BCUT2D eigenvalue weighted by molar-refractivity contribution is 0.300. The fraction of sp³-hybridized carbons (Fsp3) is 0.615. The molecule has 1 N–H and O–H groups in total. The van der Waals surface area contributed by atoms with E-state index in [0.717, 1.165) is 36.2 Å². The van der Waals surface area contributed by atoms with Crippen LogP contribution in [-0.2, 0) is 0 Å². The van der Waals surface area contributed by atoms with Crippen molar-refractivity contribution in [3.05, 3.63) is 22.9 Å². The Morgan fingerprint density at radius 1 is 1.29 bits per heavy atom. The highest BCUT2D eigenvalue weighted by molar-refractivity contribution is 9.10. The molecule has 0 amide bonds. The van der Waals surface area contributed by atoms with Gasteiger partial charge in [0.25, 0.3) is 0 Å². The largest absolute Gasteiger partial charge is 0.492 e. The zero-order valence-corrected chi connectivity index (χ0v) is 12.4. The number of halogens is 1. The van der Waals surface area contributed by atoms with Crippen molar-refractivity contribution in [1.29, 1.82) is 0 Å². The van der Waals surface area contributed by atoms with Crippen molar-refractivity contribution in [2.75, 3.05) is 13.2 Å². The zero-order chi connectivity index (χ0) is 12.7. The third-order valence-electron chi connectivity index (χ3n) is 2.17. The maximum atomic E-state index is 5.60. The van der Waals surface area contributed by atoms with Gasteiger partial charge < -0.3 is 10.1 Å². The monoisotopic (exact) mass is 300 g/mol. The second-order valence-corrected chi connectivity index (χ2v) is 5.99. The summed E-state index contributed by atoms with van der Waals surface area (Å²) in [4.78, 5) is 4.05. The first kappa shape index (κ1) is 14.5. The van der Waals surface area contributed by atoms with E-state index in [2.05, 4.69) is 47.0 Å². The van der Waals surface area contributed by atoms with Crippen molar-refractivity contribution in [3.63, 3.8) is 0 Å². The van der Waals surface area contributed by atoms with Gasteiger partial charge in [0.05, 0.1) is 12.8 Å². The van der Waals surface area contributed by atoms with E-state index in [-0.39, 0.29) is 5.54 Å². The minimum Gasteiger partial charge on any atom is -0.492 e. The molecule has 0 aliphatic carbocycles. The fourth-order valence-corrected chi connectivity index (χ4v) is 1.70. The number of nitrogens with one attached hydrogen (secondary N) is 1. The third kappa shape index (κ3) is 7.34. The molecule has 0 radical (unpaired) electrons. The Morgan fingerprint density at radius 2 is 2.06 bits per heavy atom. The number of pyridine rings is 1. The molecule has 0 bridgehead atoms. The van der Waals surface area contributed by atoms with E-state index in [0.29, 0.717) is 0 Å². The molecule has 0 spiro atoms. The second-order valence-electron chi connectivity index (χ2n) is 5.07. The van der Waals surface area contributed by atoms with Gasteiger partial charge >= 0.3 is 0 Å². The average molecular weight is 301 g/mol. The predicted molar refractivity (Wildman–Crippen MR) is 74.4 cm³/mol. The Balaban J connectivity index is 2.09. The van der Waals surface area contributed by atoms with Crippen molar-refractivity contribution in [1.82, 2.24) is 10.3 Å². The van der Waals surface area contributed by atoms with Gasteiger partial charge in [0.1, 0.15) is 5.75 Å². The summed E-state index contributed by atoms with van der Waals surface area (Å²) in [5.74, 6) is 0.822. The highest BCUT2D eigenvalue weighted by Crippen LogP contribution is 2.15. The summed E-state index contributed by atoms with van der Waals surface area (Å²) in [7, 11) is 0. The molecular formula is C13H21BrN2O. The number of aromatic nitrogens is 1. The van der Waals surface area contributed by atoms with Crippen LogP contribution in [0.25, 0.3) is 0 Å². The van der Waals surface area contributed by atoms with E-state index in [4.69, 9.17) is 4.74 Å². The standard InChI is InChI=1S/C13H21BrN2O/c1-13(2,3)16-6-4-5-7-17-12-8-11(14)9-15-10-12/h8-10,16H,4-7H2,1-3H3. The van der Waals surface area contributed by atoms with Crippen LogP contribution < -0.4 is 10.1 Å². The minimum atomic E-state index is 0.203. The summed E-state index contributed by atoms with van der Waals surface area (Å²) in [5.41, 5.74) is 0.203. The molecule has 0 unspecified atom stereocenters. The maximum Gasteiger partial charge on any atom is 0.138 e. The van der Waals surface area contributed by atoms with Gasteiger partial charge in [0, 0.05) is 16.2 Å². The van der Waals surface area contributed by atoms with Gasteiger partial charge in [-0.05, 0) is 62.2 Å². The van der Waals surface area contributed by atoms with E-state index in [9.17, 15) is 0 Å². The van der Waals surface area contributed by atoms with Gasteiger partial charge in [-0.25, -0.2) is 0 Å². The maximum absolute atomic E-state index is 5.60. The molecule has 0 aliphatic heterocycles.